The number of hydrogen-bond donors (Lipinski definition) is 1. The van der Waals surface area contributed by atoms with E-state index < -0.39 is 5.97 Å². The summed E-state index contributed by atoms with van der Waals surface area (Å²) in [6.45, 7) is 6.69. The van der Waals surface area contributed by atoms with Gasteiger partial charge in [-0.15, -0.1) is 11.3 Å². The molecule has 0 radical (unpaired) electrons. The lowest BCUT2D eigenvalue weighted by molar-refractivity contribution is -0.136. The van der Waals surface area contributed by atoms with Crippen LogP contribution in [0.15, 0.2) is 60.8 Å². The normalized spacial score (nSPS) is 10.9. The molecule has 0 atom stereocenters. The van der Waals surface area contributed by atoms with Crippen LogP contribution >= 0.6 is 11.3 Å². The van der Waals surface area contributed by atoms with E-state index in [4.69, 9.17) is 14.8 Å². The van der Waals surface area contributed by atoms with Crippen molar-refractivity contribution in [3.63, 3.8) is 0 Å². The van der Waals surface area contributed by atoms with Crippen LogP contribution in [-0.4, -0.2) is 27.7 Å². The van der Waals surface area contributed by atoms with E-state index in [1.54, 1.807) is 11.3 Å². The standard InChI is InChI=1S/C28H28N2O3S/c1-18-5-4-6-22(15-18)26-11-8-23(17-29-26)28-30-25(20(3)34-28)13-14-33-24-10-7-21(19(2)16-24)9-12-27(31)32/h4-8,10-11,15-17H,9,12-14H2,1-3H3,(H,31,32). The molecular formula is C28H28N2O3S. The number of nitrogens with zero attached hydrogens (tertiary/aromatic N) is 2. The zero-order chi connectivity index (χ0) is 24.1. The van der Waals surface area contributed by atoms with Crippen LogP contribution in [-0.2, 0) is 17.6 Å². The third-order valence-electron chi connectivity index (χ3n) is 5.75. The highest BCUT2D eigenvalue weighted by molar-refractivity contribution is 7.15. The number of ether oxygens (including phenoxy) is 1. The van der Waals surface area contributed by atoms with Crippen molar-refractivity contribution in [2.75, 3.05) is 6.61 Å². The molecule has 4 rings (SSSR count). The van der Waals surface area contributed by atoms with E-state index in [0.29, 0.717) is 13.0 Å². The first-order valence-corrected chi connectivity index (χ1v) is 12.1. The largest absolute Gasteiger partial charge is 0.493 e. The number of aryl methyl sites for hydroxylation is 4. The van der Waals surface area contributed by atoms with Crippen molar-refractivity contribution < 1.29 is 14.6 Å². The van der Waals surface area contributed by atoms with Gasteiger partial charge in [-0.1, -0.05) is 29.8 Å². The molecule has 0 amide bonds. The molecule has 0 aliphatic rings. The Bertz CT molecular complexity index is 1300. The van der Waals surface area contributed by atoms with E-state index in [-0.39, 0.29) is 6.42 Å². The Morgan fingerprint density at radius 2 is 1.85 bits per heavy atom. The number of carbonyl (C=O) groups is 1. The molecule has 1 N–H and O–H groups in total. The van der Waals surface area contributed by atoms with E-state index in [9.17, 15) is 4.79 Å². The van der Waals surface area contributed by atoms with Gasteiger partial charge in [-0.05, 0) is 68.7 Å². The van der Waals surface area contributed by atoms with Crippen molar-refractivity contribution in [2.45, 2.75) is 40.0 Å². The van der Waals surface area contributed by atoms with E-state index in [1.165, 1.54) is 10.4 Å². The van der Waals surface area contributed by atoms with Gasteiger partial charge in [-0.3, -0.25) is 9.78 Å². The van der Waals surface area contributed by atoms with Crippen molar-refractivity contribution >= 4 is 17.3 Å². The quantitative estimate of drug-likeness (QED) is 0.304. The number of aliphatic carboxylic acids is 1. The summed E-state index contributed by atoms with van der Waals surface area (Å²) in [5.74, 6) is 0.0105. The number of rotatable bonds is 9. The number of carboxylic acids is 1. The van der Waals surface area contributed by atoms with Gasteiger partial charge in [0.1, 0.15) is 10.8 Å². The lowest BCUT2D eigenvalue weighted by Crippen LogP contribution is -2.04. The molecular weight excluding hydrogens is 444 g/mol. The van der Waals surface area contributed by atoms with Gasteiger partial charge in [0.05, 0.1) is 18.0 Å². The highest BCUT2D eigenvalue weighted by Crippen LogP contribution is 2.29. The molecule has 2 aromatic carbocycles. The van der Waals surface area contributed by atoms with Crippen LogP contribution < -0.4 is 4.74 Å². The lowest BCUT2D eigenvalue weighted by atomic mass is 10.0. The Hall–Kier alpha value is -3.51. The molecule has 0 aliphatic heterocycles. The number of carboxylic acid groups (broad SMARTS) is 1. The van der Waals surface area contributed by atoms with E-state index in [2.05, 4.69) is 43.1 Å². The summed E-state index contributed by atoms with van der Waals surface area (Å²) >= 11 is 1.68. The summed E-state index contributed by atoms with van der Waals surface area (Å²) in [5.41, 5.74) is 7.43. The second-order valence-corrected chi connectivity index (χ2v) is 9.61. The van der Waals surface area contributed by atoms with Crippen LogP contribution in [0.1, 0.15) is 33.7 Å². The summed E-state index contributed by atoms with van der Waals surface area (Å²) in [5, 5.41) is 9.84. The van der Waals surface area contributed by atoms with Crippen LogP contribution in [0.3, 0.4) is 0 Å². The van der Waals surface area contributed by atoms with Crippen molar-refractivity contribution in [1.82, 2.24) is 9.97 Å². The van der Waals surface area contributed by atoms with Crippen LogP contribution in [0.25, 0.3) is 21.8 Å². The van der Waals surface area contributed by atoms with E-state index in [0.717, 1.165) is 50.8 Å². The Labute approximate surface area is 204 Å². The summed E-state index contributed by atoms with van der Waals surface area (Å²) in [6, 6.07) is 18.3. The highest BCUT2D eigenvalue weighted by Gasteiger charge is 2.11. The van der Waals surface area contributed by atoms with Gasteiger partial charge in [0.15, 0.2) is 0 Å². The summed E-state index contributed by atoms with van der Waals surface area (Å²) < 4.78 is 5.95. The number of thiazole rings is 1. The Morgan fingerprint density at radius 3 is 2.56 bits per heavy atom. The molecule has 5 nitrogen and oxygen atoms in total. The SMILES string of the molecule is Cc1cccc(-c2ccc(-c3nc(CCOc4ccc(CCC(=O)O)c(C)c4)c(C)s3)cn2)c1. The predicted octanol–water partition coefficient (Wildman–Crippen LogP) is 6.44. The minimum atomic E-state index is -0.782. The molecule has 0 unspecified atom stereocenters. The van der Waals surface area contributed by atoms with Crippen molar-refractivity contribution in [2.24, 2.45) is 0 Å². The molecule has 2 heterocycles. The maximum Gasteiger partial charge on any atom is 0.303 e. The Balaban J connectivity index is 1.37. The van der Waals surface area contributed by atoms with Crippen molar-refractivity contribution in [1.29, 1.82) is 0 Å². The van der Waals surface area contributed by atoms with Crippen molar-refractivity contribution in [3.8, 4) is 27.6 Å². The molecule has 6 heteroatoms. The highest BCUT2D eigenvalue weighted by atomic mass is 32.1. The van der Waals surface area contributed by atoms with E-state index in [1.807, 2.05) is 43.5 Å². The van der Waals surface area contributed by atoms with Gasteiger partial charge in [0.2, 0.25) is 0 Å². The molecule has 0 saturated carbocycles. The lowest BCUT2D eigenvalue weighted by Gasteiger charge is -2.09. The Kier molecular flexibility index (Phi) is 7.38. The third kappa shape index (κ3) is 5.88. The fourth-order valence-corrected chi connectivity index (χ4v) is 4.77. The fourth-order valence-electron chi connectivity index (χ4n) is 3.82. The molecule has 0 spiro atoms. The third-order valence-corrected chi connectivity index (χ3v) is 6.81. The summed E-state index contributed by atoms with van der Waals surface area (Å²) in [4.78, 5) is 21.5. The zero-order valence-electron chi connectivity index (χ0n) is 19.7. The molecule has 34 heavy (non-hydrogen) atoms. The first-order chi connectivity index (χ1) is 16.4. The average molecular weight is 473 g/mol. The Morgan fingerprint density at radius 1 is 1.00 bits per heavy atom. The van der Waals surface area contributed by atoms with Crippen LogP contribution in [0, 0.1) is 20.8 Å². The van der Waals surface area contributed by atoms with Crippen LogP contribution in [0.4, 0.5) is 0 Å². The number of hydrogen-bond acceptors (Lipinski definition) is 5. The van der Waals surface area contributed by atoms with Crippen LogP contribution in [0.2, 0.25) is 0 Å². The van der Waals surface area contributed by atoms with Gasteiger partial charge < -0.3 is 9.84 Å². The molecule has 0 fully saturated rings. The smallest absolute Gasteiger partial charge is 0.303 e. The fraction of sp³-hybridized carbons (Fsp3) is 0.250. The summed E-state index contributed by atoms with van der Waals surface area (Å²) in [6.07, 6.45) is 3.28. The van der Waals surface area contributed by atoms with Gasteiger partial charge in [0.25, 0.3) is 0 Å². The van der Waals surface area contributed by atoms with E-state index >= 15 is 0 Å². The maximum absolute atomic E-state index is 10.8. The molecule has 0 aliphatic carbocycles. The molecule has 2 aromatic heterocycles. The number of aromatic nitrogens is 2. The first-order valence-electron chi connectivity index (χ1n) is 11.3. The first kappa shape index (κ1) is 23.6. The maximum atomic E-state index is 10.8. The monoisotopic (exact) mass is 472 g/mol. The second kappa shape index (κ2) is 10.6. The van der Waals surface area contributed by atoms with Crippen molar-refractivity contribution in [3.05, 3.63) is 88.1 Å². The van der Waals surface area contributed by atoms with Gasteiger partial charge >= 0.3 is 5.97 Å². The van der Waals surface area contributed by atoms with Gasteiger partial charge in [-0.25, -0.2) is 4.98 Å². The predicted molar refractivity (Wildman–Crippen MR) is 137 cm³/mol. The summed E-state index contributed by atoms with van der Waals surface area (Å²) in [7, 11) is 0. The molecule has 0 saturated heterocycles. The van der Waals surface area contributed by atoms with Gasteiger partial charge in [-0.2, -0.15) is 0 Å². The second-order valence-electron chi connectivity index (χ2n) is 8.40. The zero-order valence-corrected chi connectivity index (χ0v) is 20.5. The average Bonchev–Trinajstić information content (AvgIpc) is 3.19. The minimum Gasteiger partial charge on any atom is -0.493 e. The topological polar surface area (TPSA) is 72.3 Å². The minimum absolute atomic E-state index is 0.136. The van der Waals surface area contributed by atoms with Crippen LogP contribution in [0.5, 0.6) is 5.75 Å². The van der Waals surface area contributed by atoms with Gasteiger partial charge in [0, 0.05) is 35.0 Å². The molecule has 174 valence electrons. The number of pyridine rings is 1. The molecule has 4 aromatic rings. The number of benzene rings is 2. The molecule has 0 bridgehead atoms.